The van der Waals surface area contributed by atoms with Gasteiger partial charge in [0.25, 0.3) is 5.56 Å². The van der Waals surface area contributed by atoms with Crippen LogP contribution in [0.5, 0.6) is 5.75 Å². The fourth-order valence-corrected chi connectivity index (χ4v) is 6.26. The van der Waals surface area contributed by atoms with Crippen molar-refractivity contribution in [1.29, 1.82) is 0 Å². The molecule has 0 bridgehead atoms. The summed E-state index contributed by atoms with van der Waals surface area (Å²) in [7, 11) is 0. The van der Waals surface area contributed by atoms with Gasteiger partial charge in [0.15, 0.2) is 5.82 Å². The second-order valence-corrected chi connectivity index (χ2v) is 11.3. The number of aromatic hydroxyl groups is 1. The topological polar surface area (TPSA) is 114 Å². The summed E-state index contributed by atoms with van der Waals surface area (Å²) in [5.74, 6) is 0.671. The zero-order valence-corrected chi connectivity index (χ0v) is 24.2. The fourth-order valence-electron chi connectivity index (χ4n) is 5.33. The lowest BCUT2D eigenvalue weighted by molar-refractivity contribution is 0.388. The van der Waals surface area contributed by atoms with Crippen LogP contribution in [-0.2, 0) is 19.4 Å². The summed E-state index contributed by atoms with van der Waals surface area (Å²) in [6.07, 6.45) is 3.18. The standard InChI is InChI=1S/C33H30N4O4S/c1-3-4-9-29-28(32(39)37(20(2)34-29)18-23-19-42-30-15-14-24(38)17-27(23)30)16-21-10-12-22(13-11-21)25-7-5-6-8-26(25)31-35-33(40)41-36-31/h5-8,10-15,17,19,38H,3-4,9,16,18H2,1-2H3,(H,35,36,40). The van der Waals surface area contributed by atoms with Gasteiger partial charge in [-0.1, -0.05) is 67.0 Å². The minimum atomic E-state index is -0.600. The van der Waals surface area contributed by atoms with Gasteiger partial charge in [-0.05, 0) is 65.6 Å². The highest BCUT2D eigenvalue weighted by molar-refractivity contribution is 7.17. The Labute approximate surface area is 245 Å². The van der Waals surface area contributed by atoms with E-state index in [2.05, 4.69) is 17.1 Å². The summed E-state index contributed by atoms with van der Waals surface area (Å²) in [6.45, 7) is 4.42. The number of hydrogen-bond acceptors (Lipinski definition) is 7. The summed E-state index contributed by atoms with van der Waals surface area (Å²) in [4.78, 5) is 33.1. The molecule has 6 aromatic rings. The highest BCUT2D eigenvalue weighted by Gasteiger charge is 2.18. The molecule has 0 radical (unpaired) electrons. The summed E-state index contributed by atoms with van der Waals surface area (Å²) >= 11 is 1.60. The van der Waals surface area contributed by atoms with Crippen molar-refractivity contribution in [3.63, 3.8) is 0 Å². The summed E-state index contributed by atoms with van der Waals surface area (Å²) in [5, 5.41) is 16.9. The average Bonchev–Trinajstić information content (AvgIpc) is 3.61. The van der Waals surface area contributed by atoms with Crippen molar-refractivity contribution in [2.24, 2.45) is 0 Å². The molecule has 3 aromatic heterocycles. The molecule has 0 aliphatic rings. The van der Waals surface area contributed by atoms with Crippen molar-refractivity contribution < 1.29 is 9.63 Å². The summed E-state index contributed by atoms with van der Waals surface area (Å²) in [5.41, 5.74) is 6.15. The minimum absolute atomic E-state index is 0.0301. The second kappa shape index (κ2) is 11.6. The first-order valence-corrected chi connectivity index (χ1v) is 14.8. The Morgan fingerprint density at radius 1 is 1.02 bits per heavy atom. The molecule has 0 saturated carbocycles. The van der Waals surface area contributed by atoms with Crippen molar-refractivity contribution >= 4 is 21.4 Å². The van der Waals surface area contributed by atoms with E-state index in [9.17, 15) is 14.7 Å². The lowest BCUT2D eigenvalue weighted by atomic mass is 9.96. The molecule has 2 N–H and O–H groups in total. The number of fused-ring (bicyclic) bond motifs is 1. The van der Waals surface area contributed by atoms with E-state index in [0.29, 0.717) is 30.2 Å². The third-order valence-corrected chi connectivity index (χ3v) is 8.55. The predicted octanol–water partition coefficient (Wildman–Crippen LogP) is 6.46. The van der Waals surface area contributed by atoms with Crippen LogP contribution >= 0.6 is 11.3 Å². The molecule has 212 valence electrons. The van der Waals surface area contributed by atoms with Crippen LogP contribution in [0.15, 0.2) is 86.2 Å². The molecule has 0 aliphatic heterocycles. The quantitative estimate of drug-likeness (QED) is 0.203. The molecule has 6 rings (SSSR count). The van der Waals surface area contributed by atoms with Gasteiger partial charge in [-0.3, -0.25) is 18.9 Å². The normalized spacial score (nSPS) is 11.4. The molecule has 0 amide bonds. The maximum Gasteiger partial charge on any atom is 0.439 e. The third kappa shape index (κ3) is 5.43. The summed E-state index contributed by atoms with van der Waals surface area (Å²) < 4.78 is 7.53. The van der Waals surface area contributed by atoms with Crippen molar-refractivity contribution in [3.8, 4) is 28.3 Å². The molecule has 3 heterocycles. The van der Waals surface area contributed by atoms with Gasteiger partial charge in [0.2, 0.25) is 0 Å². The second-order valence-electron chi connectivity index (χ2n) is 10.4. The van der Waals surface area contributed by atoms with Crippen LogP contribution in [0.2, 0.25) is 0 Å². The molecule has 0 aliphatic carbocycles. The largest absolute Gasteiger partial charge is 0.508 e. The smallest absolute Gasteiger partial charge is 0.439 e. The Bertz CT molecular complexity index is 2000. The number of phenolic OH excluding ortho intramolecular Hbond substituents is 1. The van der Waals surface area contributed by atoms with E-state index in [-0.39, 0.29) is 11.3 Å². The van der Waals surface area contributed by atoms with E-state index in [4.69, 9.17) is 9.51 Å². The Morgan fingerprint density at radius 3 is 2.55 bits per heavy atom. The van der Waals surface area contributed by atoms with Gasteiger partial charge in [-0.15, -0.1) is 11.3 Å². The van der Waals surface area contributed by atoms with Crippen LogP contribution in [0.4, 0.5) is 0 Å². The van der Waals surface area contributed by atoms with Gasteiger partial charge < -0.3 is 5.11 Å². The van der Waals surface area contributed by atoms with Crippen LogP contribution in [0.3, 0.4) is 0 Å². The predicted molar refractivity (Wildman–Crippen MR) is 165 cm³/mol. The number of unbranched alkanes of at least 4 members (excludes halogenated alkanes) is 1. The van der Waals surface area contributed by atoms with E-state index in [0.717, 1.165) is 62.9 Å². The number of nitrogens with zero attached hydrogens (tertiary/aromatic N) is 3. The molecule has 0 fully saturated rings. The van der Waals surface area contributed by atoms with Crippen LogP contribution in [0.25, 0.3) is 32.6 Å². The minimum Gasteiger partial charge on any atom is -0.508 e. The highest BCUT2D eigenvalue weighted by Crippen LogP contribution is 2.31. The monoisotopic (exact) mass is 578 g/mol. The molecule has 0 spiro atoms. The molecule has 3 aromatic carbocycles. The van der Waals surface area contributed by atoms with Gasteiger partial charge in [-0.25, -0.2) is 9.78 Å². The molecular formula is C33H30N4O4S. The Balaban J connectivity index is 1.34. The zero-order valence-electron chi connectivity index (χ0n) is 23.4. The van der Waals surface area contributed by atoms with Crippen LogP contribution in [0.1, 0.15) is 48.0 Å². The van der Waals surface area contributed by atoms with E-state index < -0.39 is 5.76 Å². The Hall–Kier alpha value is -4.76. The number of rotatable bonds is 9. The number of H-pyrrole nitrogens is 1. The highest BCUT2D eigenvalue weighted by atomic mass is 32.1. The molecular weight excluding hydrogens is 548 g/mol. The van der Waals surface area contributed by atoms with E-state index in [1.54, 1.807) is 28.0 Å². The van der Waals surface area contributed by atoms with Gasteiger partial charge in [0.05, 0.1) is 12.2 Å². The first kappa shape index (κ1) is 27.4. The van der Waals surface area contributed by atoms with Crippen molar-refractivity contribution in [2.75, 3.05) is 0 Å². The van der Waals surface area contributed by atoms with Gasteiger partial charge in [0, 0.05) is 27.6 Å². The van der Waals surface area contributed by atoms with E-state index in [1.807, 2.05) is 66.9 Å². The van der Waals surface area contributed by atoms with Crippen LogP contribution in [-0.4, -0.2) is 24.8 Å². The van der Waals surface area contributed by atoms with E-state index >= 15 is 0 Å². The van der Waals surface area contributed by atoms with Gasteiger partial charge >= 0.3 is 5.76 Å². The lowest BCUT2D eigenvalue weighted by Crippen LogP contribution is -2.29. The van der Waals surface area contributed by atoms with Crippen molar-refractivity contribution in [3.05, 3.63) is 121 Å². The Morgan fingerprint density at radius 2 is 1.81 bits per heavy atom. The first-order valence-electron chi connectivity index (χ1n) is 13.9. The number of aromatic nitrogens is 4. The number of aryl methyl sites for hydroxylation is 2. The van der Waals surface area contributed by atoms with Crippen LogP contribution in [0, 0.1) is 6.92 Å². The number of nitrogens with one attached hydrogen (secondary N) is 1. The number of thiophene rings is 1. The van der Waals surface area contributed by atoms with Crippen molar-refractivity contribution in [1.82, 2.24) is 19.7 Å². The first-order chi connectivity index (χ1) is 20.4. The maximum absolute atomic E-state index is 14.0. The van der Waals surface area contributed by atoms with E-state index in [1.165, 1.54) is 0 Å². The SMILES string of the molecule is CCCCc1nc(C)n(Cc2csc3ccc(O)cc23)c(=O)c1Cc1ccc(-c2ccccc2-c2noc(=O)[nH]2)cc1. The van der Waals surface area contributed by atoms with Gasteiger partial charge in [-0.2, -0.15) is 0 Å². The van der Waals surface area contributed by atoms with Gasteiger partial charge in [0.1, 0.15) is 11.6 Å². The van der Waals surface area contributed by atoms with Crippen molar-refractivity contribution in [2.45, 2.75) is 46.1 Å². The maximum atomic E-state index is 14.0. The summed E-state index contributed by atoms with van der Waals surface area (Å²) in [6, 6.07) is 21.1. The number of benzene rings is 3. The molecule has 0 atom stereocenters. The molecule has 0 unspecified atom stereocenters. The number of phenols is 1. The molecule has 0 saturated heterocycles. The fraction of sp³-hybridized carbons (Fsp3) is 0.212. The zero-order chi connectivity index (χ0) is 29.2. The molecule has 42 heavy (non-hydrogen) atoms. The lowest BCUT2D eigenvalue weighted by Gasteiger charge is -2.16. The average molecular weight is 579 g/mol. The Kier molecular flexibility index (Phi) is 7.58. The van der Waals surface area contributed by atoms with Crippen LogP contribution < -0.4 is 11.3 Å². The molecule has 8 nitrogen and oxygen atoms in total. The number of hydrogen-bond donors (Lipinski definition) is 2. The third-order valence-electron chi connectivity index (χ3n) is 7.54. The number of aromatic amines is 1. The molecule has 9 heteroatoms.